The van der Waals surface area contributed by atoms with Gasteiger partial charge in [0.25, 0.3) is 0 Å². The van der Waals surface area contributed by atoms with E-state index in [-0.39, 0.29) is 5.41 Å². The fourth-order valence-corrected chi connectivity index (χ4v) is 9.46. The van der Waals surface area contributed by atoms with Crippen LogP contribution in [0.1, 0.15) is 55.5 Å². The maximum atomic E-state index is 6.44. The molecule has 0 saturated heterocycles. The minimum Gasteiger partial charge on any atom is -0.489 e. The van der Waals surface area contributed by atoms with Gasteiger partial charge in [-0.05, 0) is 51.9 Å². The van der Waals surface area contributed by atoms with Crippen LogP contribution < -0.4 is 9.92 Å². The lowest BCUT2D eigenvalue weighted by Gasteiger charge is -2.36. The third kappa shape index (κ3) is 3.75. The summed E-state index contributed by atoms with van der Waals surface area (Å²) in [4.78, 5) is 0. The Labute approximate surface area is 194 Å². The lowest BCUT2D eigenvalue weighted by Crippen LogP contribution is -2.49. The van der Waals surface area contributed by atoms with Crippen LogP contribution in [0.25, 0.3) is 16.8 Å². The number of aryl methyl sites for hydroxylation is 1. The number of hydrogen-bond donors (Lipinski definition) is 0. The molecule has 0 aromatic heterocycles. The van der Waals surface area contributed by atoms with E-state index < -0.39 is 8.07 Å². The zero-order valence-corrected chi connectivity index (χ0v) is 21.7. The van der Waals surface area contributed by atoms with Crippen molar-refractivity contribution in [1.82, 2.24) is 0 Å². The van der Waals surface area contributed by atoms with E-state index in [1.807, 2.05) is 6.08 Å². The molecule has 0 bridgehead atoms. The highest BCUT2D eigenvalue weighted by Crippen LogP contribution is 2.46. The molecule has 0 saturated carbocycles. The Bertz CT molecular complexity index is 1220. The van der Waals surface area contributed by atoms with E-state index in [0.29, 0.717) is 12.1 Å². The van der Waals surface area contributed by atoms with Gasteiger partial charge in [0.15, 0.2) is 0 Å². The number of ether oxygens (including phenoxy) is 1. The molecule has 0 spiro atoms. The van der Waals surface area contributed by atoms with Crippen LogP contribution in [0, 0.1) is 6.92 Å². The fraction of sp³-hybridized carbons (Fsp3) is 0.333. The van der Waals surface area contributed by atoms with Gasteiger partial charge < -0.3 is 4.74 Å². The molecule has 32 heavy (non-hydrogen) atoms. The Morgan fingerprint density at radius 1 is 1.03 bits per heavy atom. The second kappa shape index (κ2) is 8.08. The number of hydrogen-bond acceptors (Lipinski definition) is 1. The van der Waals surface area contributed by atoms with E-state index >= 15 is 0 Å². The molecule has 0 fully saturated rings. The van der Waals surface area contributed by atoms with Crippen molar-refractivity contribution in [3.63, 3.8) is 0 Å². The summed E-state index contributed by atoms with van der Waals surface area (Å²) in [7, 11) is -2.01. The minimum atomic E-state index is -2.01. The van der Waals surface area contributed by atoms with E-state index in [0.717, 1.165) is 5.75 Å². The molecule has 3 aromatic rings. The van der Waals surface area contributed by atoms with Crippen molar-refractivity contribution in [2.24, 2.45) is 0 Å². The van der Waals surface area contributed by atoms with Crippen molar-refractivity contribution in [3.8, 4) is 5.75 Å². The molecular weight excluding hydrogens is 404 g/mol. The number of allylic oxidation sites excluding steroid dienone is 1. The van der Waals surface area contributed by atoms with Crippen LogP contribution in [0.15, 0.2) is 66.8 Å². The largest absolute Gasteiger partial charge is 0.489 e. The van der Waals surface area contributed by atoms with Gasteiger partial charge in [-0.25, -0.2) is 0 Å². The maximum absolute atomic E-state index is 6.44. The standard InChI is InChI=1S/C30H36OSi/c1-9-16-31-28-26(30(4,5)6)17-20(2)18-27(28)32(7,8)29-21(3)19-25-23-13-11-10-12-22(23)14-15-24(25)29/h9-15,17-19,29H,1,16H2,2-8H3. The molecule has 1 aliphatic carbocycles. The van der Waals surface area contributed by atoms with E-state index in [2.05, 4.69) is 109 Å². The number of fused-ring (bicyclic) bond motifs is 3. The SMILES string of the molecule is C=CCOc1c(C(C)(C)C)cc(C)cc1[Si](C)(C)C1C(C)=Cc2c1ccc1ccccc21. The predicted octanol–water partition coefficient (Wildman–Crippen LogP) is 7.67. The molecule has 166 valence electrons. The molecule has 2 heteroatoms. The molecule has 0 heterocycles. The first-order valence-electron chi connectivity index (χ1n) is 11.6. The highest BCUT2D eigenvalue weighted by Gasteiger charge is 2.42. The van der Waals surface area contributed by atoms with Crippen LogP contribution in [0.5, 0.6) is 5.75 Å². The van der Waals surface area contributed by atoms with Crippen molar-refractivity contribution < 1.29 is 4.74 Å². The summed E-state index contributed by atoms with van der Waals surface area (Å²) >= 11 is 0. The average Bonchev–Trinajstić information content (AvgIpc) is 3.08. The third-order valence-corrected chi connectivity index (χ3v) is 10.9. The molecule has 1 atom stereocenters. The number of rotatable bonds is 5. The average molecular weight is 441 g/mol. The van der Waals surface area contributed by atoms with E-state index in [1.54, 1.807) is 0 Å². The predicted molar refractivity (Wildman–Crippen MR) is 143 cm³/mol. The molecule has 0 aliphatic heterocycles. The van der Waals surface area contributed by atoms with Gasteiger partial charge in [0.2, 0.25) is 0 Å². The summed E-state index contributed by atoms with van der Waals surface area (Å²) in [5.41, 5.74) is 7.42. The second-order valence-corrected chi connectivity index (χ2v) is 15.4. The van der Waals surface area contributed by atoms with Crippen LogP contribution in [-0.4, -0.2) is 14.7 Å². The Morgan fingerprint density at radius 2 is 1.75 bits per heavy atom. The van der Waals surface area contributed by atoms with E-state index in [9.17, 15) is 0 Å². The molecule has 0 N–H and O–H groups in total. The van der Waals surface area contributed by atoms with Gasteiger partial charge in [-0.3, -0.25) is 0 Å². The normalized spacial score (nSPS) is 16.1. The first-order chi connectivity index (χ1) is 15.1. The van der Waals surface area contributed by atoms with Crippen LogP contribution >= 0.6 is 0 Å². The van der Waals surface area contributed by atoms with Gasteiger partial charge in [-0.15, -0.1) is 0 Å². The monoisotopic (exact) mass is 440 g/mol. The summed E-state index contributed by atoms with van der Waals surface area (Å²) < 4.78 is 6.44. The summed E-state index contributed by atoms with van der Waals surface area (Å²) in [5, 5.41) is 4.10. The van der Waals surface area contributed by atoms with Crippen LogP contribution in [-0.2, 0) is 5.41 Å². The third-order valence-electron chi connectivity index (χ3n) is 6.95. The van der Waals surface area contributed by atoms with Crippen LogP contribution in [0.2, 0.25) is 13.1 Å². The minimum absolute atomic E-state index is 0.0103. The maximum Gasteiger partial charge on any atom is 0.122 e. The summed E-state index contributed by atoms with van der Waals surface area (Å²) in [6.07, 6.45) is 4.29. The number of benzene rings is 3. The summed E-state index contributed by atoms with van der Waals surface area (Å²) in [5.74, 6) is 1.08. The molecule has 1 nitrogen and oxygen atoms in total. The Kier molecular flexibility index (Phi) is 5.71. The highest BCUT2D eigenvalue weighted by atomic mass is 28.3. The van der Waals surface area contributed by atoms with Gasteiger partial charge in [0.1, 0.15) is 12.4 Å². The molecular formula is C30H36OSi. The molecule has 0 radical (unpaired) electrons. The molecule has 1 aliphatic rings. The van der Waals surface area contributed by atoms with Crippen LogP contribution in [0.4, 0.5) is 0 Å². The topological polar surface area (TPSA) is 9.23 Å². The highest BCUT2D eigenvalue weighted by molar-refractivity contribution is 6.92. The molecule has 4 rings (SSSR count). The van der Waals surface area contributed by atoms with Gasteiger partial charge in [0.05, 0.1) is 8.07 Å². The molecule has 0 amide bonds. The Morgan fingerprint density at radius 3 is 2.44 bits per heavy atom. The van der Waals surface area contributed by atoms with Crippen molar-refractivity contribution in [1.29, 1.82) is 0 Å². The van der Waals surface area contributed by atoms with Gasteiger partial charge in [-0.1, -0.05) is 112 Å². The van der Waals surface area contributed by atoms with Crippen LogP contribution in [0.3, 0.4) is 0 Å². The first kappa shape index (κ1) is 22.6. The van der Waals surface area contributed by atoms with Gasteiger partial charge in [0, 0.05) is 5.54 Å². The second-order valence-electron chi connectivity index (χ2n) is 10.9. The quantitative estimate of drug-likeness (QED) is 0.292. The Balaban J connectivity index is 1.94. The van der Waals surface area contributed by atoms with E-state index in [4.69, 9.17) is 4.74 Å². The summed E-state index contributed by atoms with van der Waals surface area (Å²) in [6.45, 7) is 20.8. The van der Waals surface area contributed by atoms with Crippen molar-refractivity contribution >= 4 is 30.1 Å². The van der Waals surface area contributed by atoms with E-state index in [1.165, 1.54) is 43.8 Å². The van der Waals surface area contributed by atoms with Gasteiger partial charge in [-0.2, -0.15) is 0 Å². The lowest BCUT2D eigenvalue weighted by atomic mass is 9.85. The van der Waals surface area contributed by atoms with Crippen molar-refractivity contribution in [2.75, 3.05) is 6.61 Å². The molecule has 3 aromatic carbocycles. The smallest absolute Gasteiger partial charge is 0.122 e. The zero-order chi connectivity index (χ0) is 23.3. The van der Waals surface area contributed by atoms with Gasteiger partial charge >= 0.3 is 0 Å². The van der Waals surface area contributed by atoms with Crippen molar-refractivity contribution in [3.05, 3.63) is 89.0 Å². The fourth-order valence-electron chi connectivity index (χ4n) is 5.50. The first-order valence-corrected chi connectivity index (χ1v) is 14.7. The lowest BCUT2D eigenvalue weighted by molar-refractivity contribution is 0.353. The summed E-state index contributed by atoms with van der Waals surface area (Å²) in [6, 6.07) is 18.1. The molecule has 1 unspecified atom stereocenters. The van der Waals surface area contributed by atoms with Crippen molar-refractivity contribution in [2.45, 2.75) is 58.7 Å². The zero-order valence-electron chi connectivity index (χ0n) is 20.7. The Hall–Kier alpha value is -2.58.